The van der Waals surface area contributed by atoms with Crippen LogP contribution in [0.15, 0.2) is 30.6 Å². The van der Waals surface area contributed by atoms with Crippen LogP contribution in [0.1, 0.15) is 36.8 Å². The van der Waals surface area contributed by atoms with Crippen LogP contribution in [0.2, 0.25) is 10.0 Å². The molecule has 0 bridgehead atoms. The molecule has 2 fully saturated rings. The second-order valence-electron chi connectivity index (χ2n) is 7.33. The summed E-state index contributed by atoms with van der Waals surface area (Å²) in [5, 5.41) is 1.08. The van der Waals surface area contributed by atoms with Gasteiger partial charge in [-0.2, -0.15) is 8.78 Å². The van der Waals surface area contributed by atoms with Crippen LogP contribution in [0.4, 0.5) is 8.78 Å². The molecule has 0 spiro atoms. The van der Waals surface area contributed by atoms with Gasteiger partial charge in [-0.3, -0.25) is 4.98 Å². The molecular formula is C20H19Cl2F2NO2. The van der Waals surface area contributed by atoms with E-state index in [4.69, 9.17) is 27.9 Å². The normalized spacial score (nSPS) is 17.8. The van der Waals surface area contributed by atoms with Crippen molar-refractivity contribution in [3.05, 3.63) is 51.8 Å². The fourth-order valence-electron chi connectivity index (χ4n) is 3.30. The van der Waals surface area contributed by atoms with Gasteiger partial charge in [-0.1, -0.05) is 29.3 Å². The molecule has 0 atom stereocenters. The number of benzene rings is 1. The van der Waals surface area contributed by atoms with Crippen LogP contribution in [0, 0.1) is 5.92 Å². The van der Waals surface area contributed by atoms with E-state index in [9.17, 15) is 8.78 Å². The zero-order valence-corrected chi connectivity index (χ0v) is 16.1. The molecule has 1 aromatic heterocycles. The van der Waals surface area contributed by atoms with Crippen molar-refractivity contribution in [2.24, 2.45) is 5.92 Å². The van der Waals surface area contributed by atoms with Gasteiger partial charge in [0.2, 0.25) is 0 Å². The molecule has 3 nitrogen and oxygen atoms in total. The van der Waals surface area contributed by atoms with Crippen molar-refractivity contribution in [1.82, 2.24) is 4.98 Å². The third-order valence-electron chi connectivity index (χ3n) is 5.26. The second-order valence-corrected chi connectivity index (χ2v) is 8.15. The van der Waals surface area contributed by atoms with Gasteiger partial charge in [-0.15, -0.1) is 0 Å². The van der Waals surface area contributed by atoms with E-state index in [-0.39, 0.29) is 11.2 Å². The summed E-state index contributed by atoms with van der Waals surface area (Å²) in [7, 11) is 0. The highest BCUT2D eigenvalue weighted by atomic mass is 35.5. The molecular weight excluding hydrogens is 395 g/mol. The highest BCUT2D eigenvalue weighted by molar-refractivity contribution is 6.35. The van der Waals surface area contributed by atoms with Crippen molar-refractivity contribution in [3.8, 4) is 11.5 Å². The molecule has 2 aliphatic carbocycles. The predicted molar refractivity (Wildman–Crippen MR) is 100 cm³/mol. The Kier molecular flexibility index (Phi) is 5.17. The average Bonchev–Trinajstić information content (AvgIpc) is 3.52. The number of hydrogen-bond acceptors (Lipinski definition) is 3. The van der Waals surface area contributed by atoms with Crippen molar-refractivity contribution >= 4 is 23.2 Å². The number of pyridine rings is 1. The van der Waals surface area contributed by atoms with Gasteiger partial charge in [0.15, 0.2) is 11.5 Å². The van der Waals surface area contributed by atoms with Crippen LogP contribution in [0.25, 0.3) is 0 Å². The fraction of sp³-hybridized carbons (Fsp3) is 0.450. The van der Waals surface area contributed by atoms with E-state index < -0.39 is 6.61 Å². The zero-order chi connectivity index (χ0) is 19.0. The van der Waals surface area contributed by atoms with E-state index in [0.717, 1.165) is 36.8 Å². The van der Waals surface area contributed by atoms with E-state index in [1.165, 1.54) is 0 Å². The highest BCUT2D eigenvalue weighted by Crippen LogP contribution is 2.53. The molecule has 2 saturated carbocycles. The Labute approximate surface area is 166 Å². The van der Waals surface area contributed by atoms with E-state index in [1.54, 1.807) is 18.5 Å². The maximum absolute atomic E-state index is 12.7. The van der Waals surface area contributed by atoms with Gasteiger partial charge in [0.25, 0.3) is 0 Å². The van der Waals surface area contributed by atoms with Gasteiger partial charge >= 0.3 is 6.61 Å². The van der Waals surface area contributed by atoms with Crippen LogP contribution in [0.3, 0.4) is 0 Å². The highest BCUT2D eigenvalue weighted by Gasteiger charge is 2.45. The monoisotopic (exact) mass is 413 g/mol. The van der Waals surface area contributed by atoms with E-state index in [1.807, 2.05) is 12.1 Å². The summed E-state index contributed by atoms with van der Waals surface area (Å²) in [5.41, 5.74) is 1.77. The molecule has 1 aromatic carbocycles. The molecule has 27 heavy (non-hydrogen) atoms. The quantitative estimate of drug-likeness (QED) is 0.527. The van der Waals surface area contributed by atoms with Crippen molar-refractivity contribution in [2.75, 3.05) is 6.61 Å². The van der Waals surface area contributed by atoms with Gasteiger partial charge in [-0.05, 0) is 66.7 Å². The maximum Gasteiger partial charge on any atom is 0.387 e. The molecule has 1 heterocycles. The Morgan fingerprint density at radius 1 is 1.11 bits per heavy atom. The minimum Gasteiger partial charge on any atom is -0.489 e. The number of halogens is 4. The van der Waals surface area contributed by atoms with Crippen LogP contribution < -0.4 is 9.47 Å². The molecule has 2 aliphatic rings. The van der Waals surface area contributed by atoms with Gasteiger partial charge in [-0.25, -0.2) is 0 Å². The third-order valence-corrected chi connectivity index (χ3v) is 5.92. The third kappa shape index (κ3) is 4.30. The molecule has 4 rings (SSSR count). The van der Waals surface area contributed by atoms with Gasteiger partial charge in [0.05, 0.1) is 16.7 Å². The van der Waals surface area contributed by atoms with Crippen molar-refractivity contribution in [3.63, 3.8) is 0 Å². The molecule has 0 N–H and O–H groups in total. The summed E-state index contributed by atoms with van der Waals surface area (Å²) in [6, 6.07) is 5.23. The molecule has 7 heteroatoms. The summed E-state index contributed by atoms with van der Waals surface area (Å²) < 4.78 is 35.9. The Morgan fingerprint density at radius 2 is 1.81 bits per heavy atom. The maximum atomic E-state index is 12.7. The zero-order valence-electron chi connectivity index (χ0n) is 14.6. The summed E-state index contributed by atoms with van der Waals surface area (Å²) in [5.74, 6) is 0.959. The first-order valence-corrected chi connectivity index (χ1v) is 9.72. The lowest BCUT2D eigenvalue weighted by molar-refractivity contribution is -0.0515. The Bertz CT molecular complexity index is 818. The fourth-order valence-corrected chi connectivity index (χ4v) is 3.80. The lowest BCUT2D eigenvalue weighted by atomic mass is 9.89. The van der Waals surface area contributed by atoms with Crippen molar-refractivity contribution < 1.29 is 18.3 Å². The molecule has 2 aromatic rings. The molecule has 0 radical (unpaired) electrons. The summed E-state index contributed by atoms with van der Waals surface area (Å²) in [6.45, 7) is -2.36. The number of hydrogen-bond donors (Lipinski definition) is 0. The molecule has 0 amide bonds. The van der Waals surface area contributed by atoms with E-state index >= 15 is 0 Å². The number of rotatable bonds is 8. The minimum absolute atomic E-state index is 0.0742. The summed E-state index contributed by atoms with van der Waals surface area (Å²) >= 11 is 12.6. The van der Waals surface area contributed by atoms with E-state index in [2.05, 4.69) is 9.72 Å². The molecule has 144 valence electrons. The van der Waals surface area contributed by atoms with Crippen molar-refractivity contribution in [1.29, 1.82) is 0 Å². The number of alkyl halides is 2. The van der Waals surface area contributed by atoms with E-state index in [0.29, 0.717) is 34.7 Å². The Balaban J connectivity index is 1.61. The van der Waals surface area contributed by atoms with Gasteiger partial charge < -0.3 is 9.47 Å². The van der Waals surface area contributed by atoms with Gasteiger partial charge in [0.1, 0.15) is 0 Å². The topological polar surface area (TPSA) is 31.4 Å². The predicted octanol–water partition coefficient (Wildman–Crippen LogP) is 6.05. The Morgan fingerprint density at radius 3 is 2.41 bits per heavy atom. The van der Waals surface area contributed by atoms with Crippen LogP contribution in [-0.4, -0.2) is 18.2 Å². The minimum atomic E-state index is -2.89. The first-order chi connectivity index (χ1) is 13.0. The van der Waals surface area contributed by atoms with Crippen LogP contribution in [0.5, 0.6) is 11.5 Å². The first-order valence-electron chi connectivity index (χ1n) is 8.97. The SMILES string of the molecule is FC(F)Oc1ccc(C2(Cc3c(Cl)cncc3Cl)CC2)cc1OCC1CC1. The van der Waals surface area contributed by atoms with Crippen molar-refractivity contribution in [2.45, 2.75) is 44.1 Å². The summed E-state index contributed by atoms with van der Waals surface area (Å²) in [6.07, 6.45) is 8.02. The smallest absolute Gasteiger partial charge is 0.387 e. The van der Waals surface area contributed by atoms with Crippen LogP contribution in [-0.2, 0) is 11.8 Å². The Hall–Kier alpha value is -1.59. The van der Waals surface area contributed by atoms with Gasteiger partial charge in [0, 0.05) is 12.4 Å². The second kappa shape index (κ2) is 7.44. The van der Waals surface area contributed by atoms with Crippen LogP contribution >= 0.6 is 23.2 Å². The average molecular weight is 414 g/mol. The summed E-state index contributed by atoms with van der Waals surface area (Å²) in [4.78, 5) is 4.00. The standard InChI is InChI=1S/C20H19Cl2F2NO2/c21-15-9-25-10-16(22)14(15)8-20(5-6-20)13-3-4-17(27-19(23)24)18(7-13)26-11-12-1-2-12/h3-4,7,9-10,12,19H,1-2,5-6,8,11H2. The number of nitrogens with zero attached hydrogens (tertiary/aromatic N) is 1. The number of ether oxygens (including phenoxy) is 2. The molecule has 0 saturated heterocycles. The lowest BCUT2D eigenvalue weighted by Gasteiger charge is -2.20. The molecule has 0 unspecified atom stereocenters. The first kappa shape index (κ1) is 18.8. The lowest BCUT2D eigenvalue weighted by Crippen LogP contribution is -2.13. The molecule has 0 aliphatic heterocycles. The largest absolute Gasteiger partial charge is 0.489 e. The number of aromatic nitrogens is 1.